The molecule has 0 aliphatic carbocycles. The maximum atomic E-state index is 13.8. The Kier molecular flexibility index (Phi) is 5.12. The lowest BCUT2D eigenvalue weighted by atomic mass is 10.2. The molecule has 0 spiro atoms. The molecule has 2 aromatic rings. The van der Waals surface area contributed by atoms with Gasteiger partial charge in [-0.05, 0) is 29.8 Å². The Labute approximate surface area is 144 Å². The van der Waals surface area contributed by atoms with Crippen LogP contribution in [0.2, 0.25) is 0 Å². The summed E-state index contributed by atoms with van der Waals surface area (Å²) in [5.41, 5.74) is 0.933. The summed E-state index contributed by atoms with van der Waals surface area (Å²) in [6.45, 7) is 1.94. The normalized spacial score (nSPS) is 16.9. The first kappa shape index (κ1) is 17.9. The highest BCUT2D eigenvalue weighted by molar-refractivity contribution is 7.89. The average molecular weight is 370 g/mol. The number of sulfonamides is 1. The van der Waals surface area contributed by atoms with Crippen molar-refractivity contribution in [3.63, 3.8) is 0 Å². The number of benzene rings is 2. The van der Waals surface area contributed by atoms with Gasteiger partial charge in [0.15, 0.2) is 0 Å². The van der Waals surface area contributed by atoms with Gasteiger partial charge in [-0.1, -0.05) is 12.1 Å². The zero-order valence-electron chi connectivity index (χ0n) is 13.3. The van der Waals surface area contributed by atoms with Crippen molar-refractivity contribution in [2.45, 2.75) is 11.4 Å². The molecule has 134 valence electrons. The van der Waals surface area contributed by atoms with E-state index in [1.165, 1.54) is 16.4 Å². The van der Waals surface area contributed by atoms with Crippen molar-refractivity contribution >= 4 is 10.0 Å². The van der Waals surface area contributed by atoms with E-state index < -0.39 is 26.6 Å². The predicted molar refractivity (Wildman–Crippen MR) is 86.8 cm³/mol. The Morgan fingerprint density at radius 3 is 2.04 bits per heavy atom. The fraction of sp³-hybridized carbons (Fsp3) is 0.294. The van der Waals surface area contributed by atoms with E-state index in [0.29, 0.717) is 25.7 Å². The van der Waals surface area contributed by atoms with Crippen LogP contribution >= 0.6 is 0 Å². The number of hydrogen-bond acceptors (Lipinski definition) is 3. The Balaban J connectivity index is 1.66. The number of halogens is 3. The van der Waals surface area contributed by atoms with Gasteiger partial charge >= 0.3 is 0 Å². The number of nitrogens with zero attached hydrogens (tertiary/aromatic N) is 2. The van der Waals surface area contributed by atoms with Gasteiger partial charge in [0.1, 0.15) is 22.3 Å². The van der Waals surface area contributed by atoms with Crippen LogP contribution in [0.15, 0.2) is 47.4 Å². The van der Waals surface area contributed by atoms with E-state index in [-0.39, 0.29) is 18.9 Å². The third-order valence-corrected chi connectivity index (χ3v) is 6.09. The molecule has 25 heavy (non-hydrogen) atoms. The molecule has 1 aliphatic heterocycles. The van der Waals surface area contributed by atoms with Gasteiger partial charge < -0.3 is 0 Å². The van der Waals surface area contributed by atoms with Crippen LogP contribution in [0.3, 0.4) is 0 Å². The molecule has 1 heterocycles. The van der Waals surface area contributed by atoms with Gasteiger partial charge in [0.05, 0.1) is 0 Å². The Hall–Kier alpha value is -1.90. The summed E-state index contributed by atoms with van der Waals surface area (Å²) in [4.78, 5) is 1.53. The highest BCUT2D eigenvalue weighted by Gasteiger charge is 2.30. The zero-order valence-corrected chi connectivity index (χ0v) is 14.1. The quantitative estimate of drug-likeness (QED) is 0.831. The van der Waals surface area contributed by atoms with Crippen molar-refractivity contribution in [3.8, 4) is 0 Å². The summed E-state index contributed by atoms with van der Waals surface area (Å²) < 4.78 is 66.0. The van der Waals surface area contributed by atoms with Crippen LogP contribution in [0.4, 0.5) is 13.2 Å². The van der Waals surface area contributed by atoms with Crippen molar-refractivity contribution in [1.29, 1.82) is 0 Å². The van der Waals surface area contributed by atoms with Crippen molar-refractivity contribution in [3.05, 3.63) is 65.5 Å². The average Bonchev–Trinajstić information content (AvgIpc) is 2.57. The molecular formula is C17H17F3N2O2S. The second-order valence-electron chi connectivity index (χ2n) is 5.88. The molecule has 0 unspecified atom stereocenters. The lowest BCUT2D eigenvalue weighted by Gasteiger charge is -2.34. The summed E-state index contributed by atoms with van der Waals surface area (Å²) in [5.74, 6) is -2.21. The van der Waals surface area contributed by atoms with Crippen LogP contribution in [-0.2, 0) is 16.6 Å². The zero-order chi connectivity index (χ0) is 18.0. The fourth-order valence-corrected chi connectivity index (χ4v) is 4.27. The smallest absolute Gasteiger partial charge is 0.246 e. The Bertz CT molecular complexity index is 849. The van der Waals surface area contributed by atoms with Gasteiger partial charge in [0.2, 0.25) is 10.0 Å². The molecule has 0 atom stereocenters. The molecule has 3 rings (SSSR count). The van der Waals surface area contributed by atoms with Crippen molar-refractivity contribution < 1.29 is 21.6 Å². The van der Waals surface area contributed by atoms with Crippen LogP contribution in [0.1, 0.15) is 5.56 Å². The predicted octanol–water partition coefficient (Wildman–Crippen LogP) is 2.61. The van der Waals surface area contributed by atoms with Crippen molar-refractivity contribution in [2.24, 2.45) is 0 Å². The fourth-order valence-electron chi connectivity index (χ4n) is 2.80. The summed E-state index contributed by atoms with van der Waals surface area (Å²) in [6.07, 6.45) is 0. The summed E-state index contributed by atoms with van der Waals surface area (Å²) in [5, 5.41) is 0. The molecule has 0 radical (unpaired) electrons. The lowest BCUT2D eigenvalue weighted by Crippen LogP contribution is -2.48. The third-order valence-electron chi connectivity index (χ3n) is 4.16. The monoisotopic (exact) mass is 370 g/mol. The van der Waals surface area contributed by atoms with Gasteiger partial charge in [-0.25, -0.2) is 21.6 Å². The second-order valence-corrected chi connectivity index (χ2v) is 7.79. The van der Waals surface area contributed by atoms with Gasteiger partial charge in [-0.3, -0.25) is 4.90 Å². The van der Waals surface area contributed by atoms with Crippen LogP contribution < -0.4 is 0 Å². The van der Waals surface area contributed by atoms with Crippen molar-refractivity contribution in [1.82, 2.24) is 9.21 Å². The Morgan fingerprint density at radius 2 is 1.44 bits per heavy atom. The molecule has 0 N–H and O–H groups in total. The first-order valence-electron chi connectivity index (χ1n) is 7.78. The highest BCUT2D eigenvalue weighted by Crippen LogP contribution is 2.22. The first-order chi connectivity index (χ1) is 11.9. The Morgan fingerprint density at radius 1 is 0.840 bits per heavy atom. The molecule has 0 aromatic heterocycles. The van der Waals surface area contributed by atoms with Crippen LogP contribution in [0.5, 0.6) is 0 Å². The van der Waals surface area contributed by atoms with E-state index in [0.717, 1.165) is 17.7 Å². The van der Waals surface area contributed by atoms with E-state index >= 15 is 0 Å². The number of piperazine rings is 1. The van der Waals surface area contributed by atoms with E-state index in [1.807, 2.05) is 4.90 Å². The molecule has 0 bridgehead atoms. The minimum atomic E-state index is -4.00. The second kappa shape index (κ2) is 7.15. The summed E-state index contributed by atoms with van der Waals surface area (Å²) in [6, 6.07) is 8.59. The van der Waals surface area contributed by atoms with Crippen LogP contribution in [-0.4, -0.2) is 43.8 Å². The molecule has 2 aromatic carbocycles. The molecule has 1 aliphatic rings. The molecule has 1 fully saturated rings. The molecule has 4 nitrogen and oxygen atoms in total. The molecule has 0 saturated carbocycles. The highest BCUT2D eigenvalue weighted by atomic mass is 32.2. The minimum absolute atomic E-state index is 0.209. The molecular weight excluding hydrogens is 353 g/mol. The topological polar surface area (TPSA) is 40.6 Å². The maximum absolute atomic E-state index is 13.8. The molecule has 8 heteroatoms. The van der Waals surface area contributed by atoms with Crippen molar-refractivity contribution in [2.75, 3.05) is 26.2 Å². The summed E-state index contributed by atoms with van der Waals surface area (Å²) in [7, 11) is -4.00. The lowest BCUT2D eigenvalue weighted by molar-refractivity contribution is 0.181. The third kappa shape index (κ3) is 4.02. The maximum Gasteiger partial charge on any atom is 0.246 e. The molecule has 1 saturated heterocycles. The van der Waals surface area contributed by atoms with Crippen LogP contribution in [0, 0.1) is 17.5 Å². The minimum Gasteiger partial charge on any atom is -0.296 e. The largest absolute Gasteiger partial charge is 0.296 e. The number of rotatable bonds is 4. The van der Waals surface area contributed by atoms with Gasteiger partial charge in [0.25, 0.3) is 0 Å². The SMILES string of the molecule is O=S(=O)(c1ccc(F)cc1F)N1CCN(Cc2ccc(F)cc2)CC1. The van der Waals surface area contributed by atoms with Crippen LogP contribution in [0.25, 0.3) is 0 Å². The van der Waals surface area contributed by atoms with Gasteiger partial charge in [-0.2, -0.15) is 4.31 Å². The van der Waals surface area contributed by atoms with Gasteiger partial charge in [-0.15, -0.1) is 0 Å². The van der Waals surface area contributed by atoms with E-state index in [2.05, 4.69) is 0 Å². The van der Waals surface area contributed by atoms with Gasteiger partial charge in [0, 0.05) is 38.8 Å². The number of hydrogen-bond donors (Lipinski definition) is 0. The standard InChI is InChI=1S/C17H17F3N2O2S/c18-14-3-1-13(2-4-14)12-21-7-9-22(10-8-21)25(23,24)17-6-5-15(19)11-16(17)20/h1-6,11H,7-10,12H2. The summed E-state index contributed by atoms with van der Waals surface area (Å²) >= 11 is 0. The van der Waals surface area contributed by atoms with E-state index in [4.69, 9.17) is 0 Å². The van der Waals surface area contributed by atoms with E-state index in [1.54, 1.807) is 12.1 Å². The first-order valence-corrected chi connectivity index (χ1v) is 9.22. The van der Waals surface area contributed by atoms with E-state index in [9.17, 15) is 21.6 Å². The molecule has 0 amide bonds.